The third kappa shape index (κ3) is 8.33. The van der Waals surface area contributed by atoms with Gasteiger partial charge in [0, 0.05) is 16.7 Å². The minimum atomic E-state index is -4.10. The van der Waals surface area contributed by atoms with Crippen molar-refractivity contribution >= 4 is 73.3 Å². The fraction of sp³-hybridized carbons (Fsp3) is 0.286. The average molecular weight is 702 g/mol. The molecule has 1 N–H and O–H groups in total. The van der Waals surface area contributed by atoms with Gasteiger partial charge in [-0.3, -0.25) is 13.9 Å². The molecule has 1 atom stereocenters. The lowest BCUT2D eigenvalue weighted by molar-refractivity contribution is -0.139. The molecule has 0 bridgehead atoms. The Hall–Kier alpha value is -2.34. The third-order valence-corrected chi connectivity index (χ3v) is 9.16. The van der Waals surface area contributed by atoms with Crippen molar-refractivity contribution in [2.24, 2.45) is 5.92 Å². The van der Waals surface area contributed by atoms with Crippen LogP contribution in [0, 0.1) is 9.49 Å². The molecular formula is C28H30Cl2IN3O4S. The monoisotopic (exact) mass is 701 g/mol. The van der Waals surface area contributed by atoms with Crippen molar-refractivity contribution in [2.45, 2.75) is 38.3 Å². The summed E-state index contributed by atoms with van der Waals surface area (Å²) in [6.07, 6.45) is 0. The molecule has 11 heteroatoms. The summed E-state index contributed by atoms with van der Waals surface area (Å²) in [6, 6.07) is 18.8. The summed E-state index contributed by atoms with van der Waals surface area (Å²) < 4.78 is 29.5. The van der Waals surface area contributed by atoms with Gasteiger partial charge in [0.15, 0.2) is 0 Å². The number of amides is 2. The molecule has 0 fully saturated rings. The summed E-state index contributed by atoms with van der Waals surface area (Å²) in [5.41, 5.74) is 0.979. The van der Waals surface area contributed by atoms with Crippen LogP contribution in [0.2, 0.25) is 10.0 Å². The maximum Gasteiger partial charge on any atom is 0.264 e. The number of halogens is 3. The molecule has 0 aliphatic heterocycles. The molecule has 0 unspecified atom stereocenters. The Bertz CT molecular complexity index is 1400. The van der Waals surface area contributed by atoms with E-state index in [-0.39, 0.29) is 23.3 Å². The second-order valence-corrected chi connectivity index (χ2v) is 13.3. The van der Waals surface area contributed by atoms with E-state index < -0.39 is 28.5 Å². The summed E-state index contributed by atoms with van der Waals surface area (Å²) in [7, 11) is -4.10. The first-order valence-corrected chi connectivity index (χ1v) is 15.5. The van der Waals surface area contributed by atoms with E-state index in [0.717, 1.165) is 7.88 Å². The number of benzene rings is 3. The molecule has 0 heterocycles. The van der Waals surface area contributed by atoms with E-state index in [4.69, 9.17) is 23.2 Å². The number of anilines is 1. The van der Waals surface area contributed by atoms with Crippen molar-refractivity contribution in [1.82, 2.24) is 10.2 Å². The van der Waals surface area contributed by atoms with Gasteiger partial charge in [-0.1, -0.05) is 61.3 Å². The highest BCUT2D eigenvalue weighted by Gasteiger charge is 2.32. The first kappa shape index (κ1) is 31.2. The van der Waals surface area contributed by atoms with E-state index in [1.807, 2.05) is 13.8 Å². The number of carbonyl (C=O) groups is 2. The van der Waals surface area contributed by atoms with Gasteiger partial charge in [-0.25, -0.2) is 8.42 Å². The van der Waals surface area contributed by atoms with Gasteiger partial charge in [0.2, 0.25) is 11.8 Å². The largest absolute Gasteiger partial charge is 0.354 e. The van der Waals surface area contributed by atoms with Crippen LogP contribution in [0.3, 0.4) is 0 Å². The van der Waals surface area contributed by atoms with Crippen LogP contribution in [0.1, 0.15) is 26.3 Å². The van der Waals surface area contributed by atoms with Crippen LogP contribution in [-0.4, -0.2) is 44.3 Å². The van der Waals surface area contributed by atoms with E-state index >= 15 is 0 Å². The van der Waals surface area contributed by atoms with Gasteiger partial charge in [-0.15, -0.1) is 0 Å². The van der Waals surface area contributed by atoms with Crippen LogP contribution < -0.4 is 9.62 Å². The van der Waals surface area contributed by atoms with Crippen LogP contribution in [-0.2, 0) is 26.2 Å². The molecule has 0 saturated carbocycles. The Kier molecular flexibility index (Phi) is 11.1. The number of hydrogen-bond acceptors (Lipinski definition) is 4. The summed E-state index contributed by atoms with van der Waals surface area (Å²) in [5.74, 6) is -0.678. The van der Waals surface area contributed by atoms with Crippen LogP contribution in [0.15, 0.2) is 77.7 Å². The third-order valence-electron chi connectivity index (χ3n) is 5.91. The fourth-order valence-corrected chi connectivity index (χ4v) is 5.84. The number of hydrogen-bond donors (Lipinski definition) is 1. The Labute approximate surface area is 253 Å². The van der Waals surface area contributed by atoms with Crippen LogP contribution in [0.5, 0.6) is 0 Å². The van der Waals surface area contributed by atoms with Crippen molar-refractivity contribution < 1.29 is 18.0 Å². The lowest BCUT2D eigenvalue weighted by atomic mass is 10.1. The molecule has 0 radical (unpaired) electrons. The first-order chi connectivity index (χ1) is 18.4. The second kappa shape index (κ2) is 13.8. The minimum Gasteiger partial charge on any atom is -0.354 e. The number of carbonyl (C=O) groups excluding carboxylic acids is 2. The van der Waals surface area contributed by atoms with Gasteiger partial charge in [0.1, 0.15) is 12.6 Å². The van der Waals surface area contributed by atoms with E-state index in [2.05, 4.69) is 27.9 Å². The summed E-state index contributed by atoms with van der Waals surface area (Å²) in [6.45, 7) is 5.51. The summed E-state index contributed by atoms with van der Waals surface area (Å²) in [4.78, 5) is 28.3. The van der Waals surface area contributed by atoms with E-state index in [1.165, 1.54) is 17.0 Å². The summed E-state index contributed by atoms with van der Waals surface area (Å²) in [5, 5.41) is 3.53. The molecule has 0 saturated heterocycles. The standard InChI is InChI=1S/C28H30Cl2IN3O4S/c1-19(2)16-32-28(36)20(3)33(17-21-9-14-25(29)26(30)15-21)27(35)18-34(23-12-10-22(31)11-13-23)39(37,38)24-7-5-4-6-8-24/h4-15,19-20H,16-18H2,1-3H3,(H,32,36)/t20-/m0/s1. The van der Waals surface area contributed by atoms with Gasteiger partial charge in [-0.2, -0.15) is 0 Å². The van der Waals surface area contributed by atoms with Gasteiger partial charge >= 0.3 is 0 Å². The molecule has 3 aromatic carbocycles. The SMILES string of the molecule is CC(C)CNC(=O)[C@H](C)N(Cc1ccc(Cl)c(Cl)c1)C(=O)CN(c1ccc(I)cc1)S(=O)(=O)c1ccccc1. The molecule has 3 rings (SSSR count). The maximum atomic E-state index is 13.9. The molecule has 3 aromatic rings. The maximum absolute atomic E-state index is 13.9. The number of sulfonamides is 1. The zero-order valence-corrected chi connectivity index (χ0v) is 26.3. The van der Waals surface area contributed by atoms with Gasteiger partial charge in [-0.05, 0) is 89.5 Å². The van der Waals surface area contributed by atoms with Crippen molar-refractivity contribution in [2.75, 3.05) is 17.4 Å². The van der Waals surface area contributed by atoms with Crippen LogP contribution in [0.4, 0.5) is 5.69 Å². The zero-order valence-electron chi connectivity index (χ0n) is 21.8. The number of nitrogens with zero attached hydrogens (tertiary/aromatic N) is 2. The highest BCUT2D eigenvalue weighted by Crippen LogP contribution is 2.26. The highest BCUT2D eigenvalue weighted by molar-refractivity contribution is 14.1. The van der Waals surface area contributed by atoms with Crippen molar-refractivity contribution in [3.8, 4) is 0 Å². The smallest absolute Gasteiger partial charge is 0.264 e. The fourth-order valence-electron chi connectivity index (χ4n) is 3.73. The number of nitrogens with one attached hydrogen (secondary N) is 1. The molecule has 0 aliphatic rings. The second-order valence-electron chi connectivity index (χ2n) is 9.39. The first-order valence-electron chi connectivity index (χ1n) is 12.2. The number of rotatable bonds is 11. The van der Waals surface area contributed by atoms with Gasteiger partial charge in [0.25, 0.3) is 10.0 Å². The van der Waals surface area contributed by atoms with E-state index in [9.17, 15) is 18.0 Å². The molecule has 0 aliphatic carbocycles. The molecule has 2 amide bonds. The van der Waals surface area contributed by atoms with E-state index in [0.29, 0.717) is 27.8 Å². The molecule has 208 valence electrons. The van der Waals surface area contributed by atoms with Crippen LogP contribution >= 0.6 is 45.8 Å². The lowest BCUT2D eigenvalue weighted by Crippen LogP contribution is -2.51. The zero-order chi connectivity index (χ0) is 28.7. The normalized spacial score (nSPS) is 12.2. The van der Waals surface area contributed by atoms with Crippen LogP contribution in [0.25, 0.3) is 0 Å². The predicted molar refractivity (Wildman–Crippen MR) is 164 cm³/mol. The molecule has 7 nitrogen and oxygen atoms in total. The van der Waals surface area contributed by atoms with E-state index in [1.54, 1.807) is 67.6 Å². The Morgan fingerprint density at radius 1 is 0.923 bits per heavy atom. The molecular weight excluding hydrogens is 672 g/mol. The topological polar surface area (TPSA) is 86.8 Å². The Morgan fingerprint density at radius 3 is 2.15 bits per heavy atom. The van der Waals surface area contributed by atoms with Gasteiger partial charge < -0.3 is 10.2 Å². The quantitative estimate of drug-likeness (QED) is 0.249. The minimum absolute atomic E-state index is 0.0257. The Balaban J connectivity index is 2.01. The lowest BCUT2D eigenvalue weighted by Gasteiger charge is -2.32. The van der Waals surface area contributed by atoms with Gasteiger partial charge in [0.05, 0.1) is 20.6 Å². The molecule has 0 aromatic heterocycles. The van der Waals surface area contributed by atoms with Crippen molar-refractivity contribution in [3.63, 3.8) is 0 Å². The van der Waals surface area contributed by atoms with Crippen molar-refractivity contribution in [1.29, 1.82) is 0 Å². The predicted octanol–water partition coefficient (Wildman–Crippen LogP) is 5.98. The molecule has 0 spiro atoms. The summed E-state index contributed by atoms with van der Waals surface area (Å²) >= 11 is 14.4. The Morgan fingerprint density at radius 2 is 1.56 bits per heavy atom. The molecule has 39 heavy (non-hydrogen) atoms. The average Bonchev–Trinajstić information content (AvgIpc) is 2.91. The van der Waals surface area contributed by atoms with Crippen molar-refractivity contribution in [3.05, 3.63) is 92.0 Å². The highest BCUT2D eigenvalue weighted by atomic mass is 127.